The maximum absolute atomic E-state index is 12.4. The highest BCUT2D eigenvalue weighted by Gasteiger charge is 2.45. The van der Waals surface area contributed by atoms with Crippen molar-refractivity contribution < 1.29 is 15.0 Å². The number of aliphatic hydroxyl groups is 1. The number of halogens is 3. The Morgan fingerprint density at radius 3 is 2.51 bits per heavy atom. The van der Waals surface area contributed by atoms with Crippen molar-refractivity contribution in [2.75, 3.05) is 49.5 Å². The van der Waals surface area contributed by atoms with Gasteiger partial charge in [-0.1, -0.05) is 40.9 Å². The molecule has 0 saturated carbocycles. The Morgan fingerprint density at radius 1 is 1.10 bits per heavy atom. The lowest BCUT2D eigenvalue weighted by Crippen LogP contribution is -2.60. The molecule has 3 fully saturated rings. The molecule has 3 aliphatic rings. The minimum atomic E-state index is -0.760. The average Bonchev–Trinajstić information content (AvgIpc) is 3.28. The lowest BCUT2D eigenvalue weighted by atomic mass is 9.75. The molecule has 1 aromatic carbocycles. The molecule has 3 unspecified atom stereocenters. The molecule has 4 atom stereocenters. The number of nitrogens with one attached hydrogen (secondary N) is 1. The van der Waals surface area contributed by atoms with Crippen LogP contribution in [0.2, 0.25) is 15.1 Å². The molecule has 0 bridgehead atoms. The highest BCUT2D eigenvalue weighted by Crippen LogP contribution is 2.38. The van der Waals surface area contributed by atoms with Gasteiger partial charge in [-0.05, 0) is 68.7 Å². The number of likely N-dealkylation sites (tertiary alicyclic amines) is 2. The van der Waals surface area contributed by atoms with Gasteiger partial charge in [0.2, 0.25) is 5.95 Å². The summed E-state index contributed by atoms with van der Waals surface area (Å²) < 4.78 is 0. The number of nitrogens with zero attached hydrogens (tertiary/aromatic N) is 5. The van der Waals surface area contributed by atoms with E-state index in [2.05, 4.69) is 30.0 Å². The zero-order valence-corrected chi connectivity index (χ0v) is 24.2. The molecular weight excluding hydrogens is 563 g/mol. The highest BCUT2D eigenvalue weighted by atomic mass is 35.5. The number of hydrogen-bond donors (Lipinski definition) is 3. The zero-order chi connectivity index (χ0) is 27.7. The molecule has 9 nitrogen and oxygen atoms in total. The molecule has 3 saturated heterocycles. The number of carboxylic acid groups (broad SMARTS) is 1. The van der Waals surface area contributed by atoms with Crippen LogP contribution in [-0.2, 0) is 4.79 Å². The number of rotatable bonds is 9. The van der Waals surface area contributed by atoms with Gasteiger partial charge in [0.25, 0.3) is 0 Å². The van der Waals surface area contributed by atoms with E-state index in [0.717, 1.165) is 44.3 Å². The van der Waals surface area contributed by atoms with E-state index >= 15 is 0 Å². The van der Waals surface area contributed by atoms with Crippen LogP contribution in [0.4, 0.5) is 11.8 Å². The summed E-state index contributed by atoms with van der Waals surface area (Å²) in [5.41, 5.74) is 0.877. The van der Waals surface area contributed by atoms with Crippen molar-refractivity contribution >= 4 is 52.5 Å². The maximum Gasteiger partial charge on any atom is 0.321 e. The van der Waals surface area contributed by atoms with Gasteiger partial charge < -0.3 is 20.4 Å². The number of anilines is 2. The molecule has 39 heavy (non-hydrogen) atoms. The molecule has 3 aliphatic heterocycles. The van der Waals surface area contributed by atoms with Gasteiger partial charge >= 0.3 is 5.97 Å². The van der Waals surface area contributed by atoms with Crippen molar-refractivity contribution in [3.8, 4) is 0 Å². The quantitative estimate of drug-likeness (QED) is 0.382. The number of benzene rings is 1. The lowest BCUT2D eigenvalue weighted by Gasteiger charge is -2.49. The molecule has 212 valence electrons. The summed E-state index contributed by atoms with van der Waals surface area (Å²) in [6.07, 6.45) is 4.84. The fourth-order valence-electron chi connectivity index (χ4n) is 6.20. The fraction of sp³-hybridized carbons (Fsp3) is 0.593. The predicted molar refractivity (Wildman–Crippen MR) is 154 cm³/mol. The monoisotopic (exact) mass is 596 g/mol. The summed E-state index contributed by atoms with van der Waals surface area (Å²) in [5, 5.41) is 25.2. The van der Waals surface area contributed by atoms with Crippen molar-refractivity contribution in [2.45, 2.75) is 50.9 Å². The number of hydrogen-bond acceptors (Lipinski definition) is 8. The topological polar surface area (TPSA) is 105 Å². The van der Waals surface area contributed by atoms with Crippen LogP contribution in [-0.4, -0.2) is 87.5 Å². The minimum Gasteiger partial charge on any atom is -0.480 e. The van der Waals surface area contributed by atoms with Gasteiger partial charge in [-0.15, -0.1) is 0 Å². The van der Waals surface area contributed by atoms with Crippen molar-refractivity contribution in [3.05, 3.63) is 45.0 Å². The molecule has 3 N–H and O–H groups in total. The van der Waals surface area contributed by atoms with Crippen LogP contribution in [0.3, 0.4) is 0 Å². The normalized spacial score (nSPS) is 25.5. The van der Waals surface area contributed by atoms with Crippen molar-refractivity contribution in [1.29, 1.82) is 0 Å². The Morgan fingerprint density at radius 2 is 1.82 bits per heavy atom. The summed E-state index contributed by atoms with van der Waals surface area (Å²) in [6, 6.07) is 4.69. The summed E-state index contributed by atoms with van der Waals surface area (Å²) in [6.45, 7) is 6.38. The lowest BCUT2D eigenvalue weighted by molar-refractivity contribution is -0.149. The van der Waals surface area contributed by atoms with Gasteiger partial charge in [0.1, 0.15) is 17.3 Å². The Labute approximate surface area is 244 Å². The van der Waals surface area contributed by atoms with Gasteiger partial charge in [0, 0.05) is 42.8 Å². The van der Waals surface area contributed by atoms with Crippen LogP contribution in [0.5, 0.6) is 0 Å². The molecular formula is C27H35Cl3N6O3. The number of aromatic nitrogens is 2. The van der Waals surface area contributed by atoms with Crippen LogP contribution in [0.15, 0.2) is 24.4 Å². The first kappa shape index (κ1) is 28.6. The average molecular weight is 598 g/mol. The number of aliphatic carboxylic acids is 1. The highest BCUT2D eigenvalue weighted by molar-refractivity contribution is 6.35. The Hall–Kier alpha value is -1.88. The van der Waals surface area contributed by atoms with Crippen molar-refractivity contribution in [2.24, 2.45) is 11.8 Å². The van der Waals surface area contributed by atoms with Crippen molar-refractivity contribution in [3.63, 3.8) is 0 Å². The SMILES string of the molecule is C[C@@H](Nc1nc(N2CC(C3CCCN(CCN4CCCC4O)C3C(=O)O)C2)ncc1Cl)c1ccc(Cl)cc1Cl. The Bertz CT molecular complexity index is 1180. The molecule has 0 spiro atoms. The molecule has 2 aromatic rings. The minimum absolute atomic E-state index is 0.0629. The van der Waals surface area contributed by atoms with Crippen LogP contribution in [0.25, 0.3) is 0 Å². The predicted octanol–water partition coefficient (Wildman–Crippen LogP) is 4.63. The Kier molecular flexibility index (Phi) is 9.05. The summed E-state index contributed by atoms with van der Waals surface area (Å²) in [4.78, 5) is 27.8. The van der Waals surface area contributed by atoms with E-state index in [0.29, 0.717) is 53.0 Å². The van der Waals surface area contributed by atoms with Crippen LogP contribution < -0.4 is 10.2 Å². The van der Waals surface area contributed by atoms with Gasteiger partial charge in [-0.25, -0.2) is 4.98 Å². The third-order valence-electron chi connectivity index (χ3n) is 8.35. The molecule has 0 radical (unpaired) electrons. The number of carboxylic acids is 1. The molecule has 4 heterocycles. The summed E-state index contributed by atoms with van der Waals surface area (Å²) in [5.74, 6) is 0.626. The standard InChI is InChI=1S/C27H35Cl3N6O3/c1-16(19-7-6-18(28)12-21(19)29)32-25-22(30)13-31-27(33-25)36-14-17(15-36)20-4-2-9-35(24(20)26(38)39)11-10-34-8-3-5-23(34)37/h6-7,12-13,16-17,20,23-24,37H,2-5,8-11,14-15H2,1H3,(H,38,39)(H,31,32,33)/t16-,20?,23?,24?/m1/s1. The third-order valence-corrected chi connectivity index (χ3v) is 9.19. The van der Waals surface area contributed by atoms with Crippen LogP contribution in [0.1, 0.15) is 44.2 Å². The Balaban J connectivity index is 1.21. The first-order chi connectivity index (χ1) is 18.7. The molecule has 12 heteroatoms. The second-order valence-electron chi connectivity index (χ2n) is 10.8. The second kappa shape index (κ2) is 12.3. The van der Waals surface area contributed by atoms with Crippen LogP contribution in [0, 0.1) is 11.8 Å². The van der Waals surface area contributed by atoms with Crippen molar-refractivity contribution in [1.82, 2.24) is 19.8 Å². The molecule has 0 amide bonds. The van der Waals surface area contributed by atoms with E-state index in [-0.39, 0.29) is 17.9 Å². The van der Waals surface area contributed by atoms with E-state index in [1.54, 1.807) is 18.3 Å². The van der Waals surface area contributed by atoms with E-state index in [1.165, 1.54) is 0 Å². The van der Waals surface area contributed by atoms with Gasteiger partial charge in [0.15, 0.2) is 5.82 Å². The maximum atomic E-state index is 12.4. The smallest absolute Gasteiger partial charge is 0.321 e. The van der Waals surface area contributed by atoms with E-state index < -0.39 is 18.2 Å². The molecule has 5 rings (SSSR count). The van der Waals surface area contributed by atoms with Gasteiger partial charge in [-0.2, -0.15) is 4.98 Å². The largest absolute Gasteiger partial charge is 0.480 e. The summed E-state index contributed by atoms with van der Waals surface area (Å²) >= 11 is 18.8. The van der Waals surface area contributed by atoms with Gasteiger partial charge in [0.05, 0.1) is 12.2 Å². The van der Waals surface area contributed by atoms with E-state index in [9.17, 15) is 15.0 Å². The fourth-order valence-corrected chi connectivity index (χ4v) is 6.92. The number of carbonyl (C=O) groups is 1. The van der Waals surface area contributed by atoms with Crippen LogP contribution >= 0.6 is 34.8 Å². The third kappa shape index (κ3) is 6.39. The molecule has 0 aliphatic carbocycles. The first-order valence-corrected chi connectivity index (χ1v) is 14.7. The summed E-state index contributed by atoms with van der Waals surface area (Å²) in [7, 11) is 0. The zero-order valence-electron chi connectivity index (χ0n) is 21.9. The first-order valence-electron chi connectivity index (χ1n) is 13.6. The molecule has 1 aromatic heterocycles. The van der Waals surface area contributed by atoms with Gasteiger partial charge in [-0.3, -0.25) is 14.6 Å². The van der Waals surface area contributed by atoms with E-state index in [1.807, 2.05) is 13.0 Å². The van der Waals surface area contributed by atoms with E-state index in [4.69, 9.17) is 34.8 Å². The number of piperidine rings is 1. The second-order valence-corrected chi connectivity index (χ2v) is 12.1. The number of aliphatic hydroxyl groups excluding tert-OH is 1.